The molecule has 3 unspecified atom stereocenters. The van der Waals surface area contributed by atoms with Crippen LogP contribution in [0.5, 0.6) is 5.75 Å². The summed E-state index contributed by atoms with van der Waals surface area (Å²) in [6, 6.07) is 18.4. The molecule has 9 rings (SSSR count). The van der Waals surface area contributed by atoms with Crippen molar-refractivity contribution >= 4 is 38.7 Å². The molecular weight excluding hydrogens is 578 g/mol. The molecular formula is C36H35N7O3. The zero-order chi connectivity index (χ0) is 31.3. The van der Waals surface area contributed by atoms with Gasteiger partial charge < -0.3 is 29.5 Å². The molecule has 3 aliphatic rings. The summed E-state index contributed by atoms with van der Waals surface area (Å²) in [5.41, 5.74) is 13.3. The number of nitrogens with zero attached hydrogens (tertiary/aromatic N) is 5. The fourth-order valence-corrected chi connectivity index (χ4v) is 7.89. The minimum atomic E-state index is -0.148. The smallest absolute Gasteiger partial charge is 0.258 e. The molecule has 2 saturated carbocycles. The molecule has 10 nitrogen and oxygen atoms in total. The molecule has 3 N–H and O–H groups in total. The van der Waals surface area contributed by atoms with Crippen LogP contribution in [0.4, 0.5) is 0 Å². The average molecular weight is 614 g/mol. The van der Waals surface area contributed by atoms with Crippen LogP contribution in [0.15, 0.2) is 65.7 Å². The van der Waals surface area contributed by atoms with Crippen molar-refractivity contribution in [1.82, 2.24) is 29.0 Å². The van der Waals surface area contributed by atoms with Crippen LogP contribution in [0.1, 0.15) is 36.0 Å². The van der Waals surface area contributed by atoms with E-state index in [1.807, 2.05) is 42.3 Å². The molecule has 3 aromatic carbocycles. The topological polar surface area (TPSA) is 124 Å². The van der Waals surface area contributed by atoms with Crippen LogP contribution in [-0.2, 0) is 13.6 Å². The summed E-state index contributed by atoms with van der Waals surface area (Å²) in [5.74, 6) is 2.46. The van der Waals surface area contributed by atoms with Crippen molar-refractivity contribution in [1.29, 1.82) is 0 Å². The number of imidazole rings is 1. The molecule has 2 bridgehead atoms. The Kier molecular flexibility index (Phi) is 5.96. The number of fused-ring (bicyclic) bond motifs is 5. The minimum absolute atomic E-state index is 0.00288. The van der Waals surface area contributed by atoms with Crippen LogP contribution in [0.2, 0.25) is 0 Å². The number of piperidine rings is 1. The van der Waals surface area contributed by atoms with Crippen molar-refractivity contribution in [3.8, 4) is 28.4 Å². The Morgan fingerprint density at radius 1 is 1.02 bits per heavy atom. The van der Waals surface area contributed by atoms with E-state index < -0.39 is 0 Å². The molecule has 6 aromatic rings. The molecule has 0 spiro atoms. The monoisotopic (exact) mass is 613 g/mol. The minimum Gasteiger partial charge on any atom is -0.494 e. The number of nitrogens with two attached hydrogens (primary N) is 1. The number of carbonyl (C=O) groups is 1. The Morgan fingerprint density at radius 2 is 1.85 bits per heavy atom. The average Bonchev–Trinajstić information content (AvgIpc) is 3.48. The van der Waals surface area contributed by atoms with Gasteiger partial charge in [0.1, 0.15) is 11.3 Å². The molecule has 1 aliphatic heterocycles. The van der Waals surface area contributed by atoms with Gasteiger partial charge in [-0.15, -0.1) is 0 Å². The number of benzene rings is 3. The van der Waals surface area contributed by atoms with Crippen molar-refractivity contribution in [3.63, 3.8) is 0 Å². The van der Waals surface area contributed by atoms with Crippen LogP contribution in [0.3, 0.4) is 0 Å². The number of ether oxygens (including phenoxy) is 1. The van der Waals surface area contributed by atoms with E-state index in [0.717, 1.165) is 64.0 Å². The number of methoxy groups -OCH3 is 1. The van der Waals surface area contributed by atoms with Gasteiger partial charge in [0.15, 0.2) is 5.82 Å². The van der Waals surface area contributed by atoms with Gasteiger partial charge in [0.05, 0.1) is 35.6 Å². The second kappa shape index (κ2) is 10.0. The first-order valence-corrected chi connectivity index (χ1v) is 16.1. The predicted molar refractivity (Wildman–Crippen MR) is 178 cm³/mol. The fourth-order valence-electron chi connectivity index (χ4n) is 7.89. The van der Waals surface area contributed by atoms with Gasteiger partial charge in [0.25, 0.3) is 11.5 Å². The van der Waals surface area contributed by atoms with E-state index in [-0.39, 0.29) is 23.6 Å². The maximum atomic E-state index is 13.7. The molecule has 46 heavy (non-hydrogen) atoms. The number of likely N-dealkylation sites (tertiary alicyclic amines) is 1. The first kappa shape index (κ1) is 27.4. The molecule has 0 radical (unpaired) electrons. The quantitative estimate of drug-likeness (QED) is 0.270. The summed E-state index contributed by atoms with van der Waals surface area (Å²) in [7, 11) is 3.66. The van der Waals surface area contributed by atoms with E-state index in [0.29, 0.717) is 40.6 Å². The van der Waals surface area contributed by atoms with Crippen LogP contribution >= 0.6 is 0 Å². The van der Waals surface area contributed by atoms with Crippen LogP contribution < -0.4 is 16.0 Å². The Hall–Kier alpha value is -4.96. The van der Waals surface area contributed by atoms with E-state index in [9.17, 15) is 9.59 Å². The van der Waals surface area contributed by atoms with Crippen molar-refractivity contribution in [2.75, 3.05) is 13.7 Å². The summed E-state index contributed by atoms with van der Waals surface area (Å²) >= 11 is 0. The van der Waals surface area contributed by atoms with Crippen molar-refractivity contribution < 1.29 is 9.53 Å². The maximum Gasteiger partial charge on any atom is 0.258 e. The number of hydrogen-bond acceptors (Lipinski definition) is 6. The third kappa shape index (κ3) is 4.12. The highest BCUT2D eigenvalue weighted by Gasteiger charge is 2.47. The molecule has 3 fully saturated rings. The second-order valence-electron chi connectivity index (χ2n) is 13.3. The van der Waals surface area contributed by atoms with Crippen molar-refractivity contribution in [3.05, 3.63) is 76.8 Å². The molecule has 232 valence electrons. The lowest BCUT2D eigenvalue weighted by molar-refractivity contribution is 0.0700. The Bertz CT molecular complexity index is 2280. The SMILES string of the molecule is COc1cc(C(=O)N2CC3CCC2C3N)cc2nc(-c3cc4ccc(-c5ccc6nc[nH]c(=O)c6c5)cc4n3CC3CC3)n(C)c12. The zero-order valence-electron chi connectivity index (χ0n) is 25.9. The maximum absolute atomic E-state index is 13.7. The highest BCUT2D eigenvalue weighted by Crippen LogP contribution is 2.41. The van der Waals surface area contributed by atoms with Gasteiger partial charge in [0, 0.05) is 48.7 Å². The van der Waals surface area contributed by atoms with Gasteiger partial charge >= 0.3 is 0 Å². The van der Waals surface area contributed by atoms with Gasteiger partial charge in [-0.1, -0.05) is 18.2 Å². The summed E-state index contributed by atoms with van der Waals surface area (Å²) in [4.78, 5) is 40.3. The third-order valence-corrected chi connectivity index (χ3v) is 10.6. The van der Waals surface area contributed by atoms with Crippen molar-refractivity contribution in [2.45, 2.75) is 44.3 Å². The van der Waals surface area contributed by atoms with Gasteiger partial charge in [-0.25, -0.2) is 9.97 Å². The van der Waals surface area contributed by atoms with E-state index in [1.54, 1.807) is 7.11 Å². The summed E-state index contributed by atoms with van der Waals surface area (Å²) in [5, 5.41) is 1.69. The van der Waals surface area contributed by atoms with Crippen LogP contribution in [0.25, 0.3) is 55.5 Å². The number of carbonyl (C=O) groups excluding carboxylic acids is 1. The van der Waals surface area contributed by atoms with Crippen LogP contribution in [-0.4, -0.2) is 60.6 Å². The second-order valence-corrected chi connectivity index (χ2v) is 13.3. The summed E-state index contributed by atoms with van der Waals surface area (Å²) < 4.78 is 10.3. The number of aromatic amines is 1. The van der Waals surface area contributed by atoms with Gasteiger partial charge in [0.2, 0.25) is 0 Å². The van der Waals surface area contributed by atoms with E-state index in [4.69, 9.17) is 15.5 Å². The number of aryl methyl sites for hydroxylation is 1. The summed E-state index contributed by atoms with van der Waals surface area (Å²) in [6.45, 7) is 1.61. The van der Waals surface area contributed by atoms with E-state index in [2.05, 4.69) is 43.4 Å². The molecule has 1 saturated heterocycles. The Morgan fingerprint density at radius 3 is 2.61 bits per heavy atom. The molecule has 3 atom stereocenters. The lowest BCUT2D eigenvalue weighted by atomic mass is 10.0. The fraction of sp³-hybridized carbons (Fsp3) is 0.333. The third-order valence-electron chi connectivity index (χ3n) is 10.6. The number of amides is 1. The lowest BCUT2D eigenvalue weighted by Gasteiger charge is -2.27. The van der Waals surface area contributed by atoms with E-state index >= 15 is 0 Å². The largest absolute Gasteiger partial charge is 0.494 e. The highest BCUT2D eigenvalue weighted by atomic mass is 16.5. The molecule has 4 heterocycles. The Balaban J connectivity index is 1.16. The van der Waals surface area contributed by atoms with Crippen LogP contribution in [0, 0.1) is 11.8 Å². The molecule has 2 aliphatic carbocycles. The highest BCUT2D eigenvalue weighted by molar-refractivity contribution is 6.01. The standard InChI is InChI=1S/C36H35N7O3/c1-41-33-27(12-24(15-31(33)46-2)36(45)43-17-23-8-10-28(43)32(23)37)40-34(41)30-14-22-6-5-21(13-29(22)42(30)16-19-3-4-19)20-7-9-26-25(11-20)35(44)39-18-38-26/h5-7,9,11-15,18-19,23,28,32H,3-4,8,10,16-17,37H2,1-2H3,(H,38,39,44). The first-order valence-electron chi connectivity index (χ1n) is 16.1. The number of H-pyrrole nitrogens is 1. The summed E-state index contributed by atoms with van der Waals surface area (Å²) in [6.07, 6.45) is 5.92. The molecule has 10 heteroatoms. The van der Waals surface area contributed by atoms with Gasteiger partial charge in [-0.2, -0.15) is 0 Å². The van der Waals surface area contributed by atoms with E-state index in [1.165, 1.54) is 19.2 Å². The lowest BCUT2D eigenvalue weighted by Crippen LogP contribution is -2.41. The van der Waals surface area contributed by atoms with Gasteiger partial charge in [-0.05, 0) is 85.0 Å². The van der Waals surface area contributed by atoms with Crippen molar-refractivity contribution in [2.24, 2.45) is 24.6 Å². The Labute approximate surface area is 264 Å². The molecule has 1 amide bonds. The number of rotatable bonds is 6. The zero-order valence-corrected chi connectivity index (χ0v) is 25.9. The molecule has 3 aromatic heterocycles. The van der Waals surface area contributed by atoms with Gasteiger partial charge in [-0.3, -0.25) is 9.59 Å². The number of nitrogens with one attached hydrogen (secondary N) is 1. The predicted octanol–water partition coefficient (Wildman–Crippen LogP) is 5.08. The number of hydrogen-bond donors (Lipinski definition) is 2. The normalized spacial score (nSPS) is 20.8. The number of aromatic nitrogens is 5. The first-order chi connectivity index (χ1) is 22.4.